The minimum Gasteiger partial charge on any atom is -0.314 e. The summed E-state index contributed by atoms with van der Waals surface area (Å²) in [5.41, 5.74) is 1.22. The van der Waals surface area contributed by atoms with E-state index in [9.17, 15) is 8.42 Å². The molecule has 0 radical (unpaired) electrons. The van der Waals surface area contributed by atoms with Gasteiger partial charge in [0.15, 0.2) is 9.84 Å². The Kier molecular flexibility index (Phi) is 5.22. The number of hydrogen-bond acceptors (Lipinski definition) is 3. The first-order valence-corrected chi connectivity index (χ1v) is 9.40. The highest BCUT2D eigenvalue weighted by atomic mass is 32.2. The third-order valence-corrected chi connectivity index (χ3v) is 5.44. The van der Waals surface area contributed by atoms with Gasteiger partial charge >= 0.3 is 0 Å². The summed E-state index contributed by atoms with van der Waals surface area (Å²) in [7, 11) is -3.08. The van der Waals surface area contributed by atoms with Gasteiger partial charge in [0.2, 0.25) is 0 Å². The molecule has 1 aliphatic heterocycles. The monoisotopic (exact) mass is 295 g/mol. The van der Waals surface area contributed by atoms with E-state index in [2.05, 4.69) is 12.2 Å². The molecule has 2 unspecified atom stereocenters. The normalized spacial score (nSPS) is 23.7. The number of rotatable bonds is 5. The summed E-state index contributed by atoms with van der Waals surface area (Å²) in [6, 6.07) is 7.93. The Morgan fingerprint density at radius 2 is 1.95 bits per heavy atom. The van der Waals surface area contributed by atoms with Crippen LogP contribution in [-0.2, 0) is 16.3 Å². The molecule has 1 aromatic rings. The van der Waals surface area contributed by atoms with Crippen LogP contribution in [-0.4, -0.2) is 27.3 Å². The van der Waals surface area contributed by atoms with Crippen LogP contribution in [0.15, 0.2) is 29.2 Å². The van der Waals surface area contributed by atoms with Gasteiger partial charge < -0.3 is 5.32 Å². The van der Waals surface area contributed by atoms with Crippen LogP contribution >= 0.6 is 0 Å². The average molecular weight is 295 g/mol. The van der Waals surface area contributed by atoms with E-state index in [1.165, 1.54) is 31.1 Å². The summed E-state index contributed by atoms with van der Waals surface area (Å²) < 4.78 is 22.8. The minimum atomic E-state index is -3.08. The molecule has 4 heteroatoms. The Morgan fingerprint density at radius 3 is 2.55 bits per heavy atom. The number of benzene rings is 1. The Morgan fingerprint density at radius 1 is 1.25 bits per heavy atom. The van der Waals surface area contributed by atoms with Crippen LogP contribution in [0.2, 0.25) is 0 Å². The minimum absolute atomic E-state index is 0.406. The number of piperidine rings is 1. The van der Waals surface area contributed by atoms with Crippen LogP contribution in [0, 0.1) is 5.92 Å². The smallest absolute Gasteiger partial charge is 0.175 e. The van der Waals surface area contributed by atoms with Crippen molar-refractivity contribution in [2.45, 2.75) is 50.0 Å². The second-order valence-corrected chi connectivity index (χ2v) is 7.92. The predicted molar refractivity (Wildman–Crippen MR) is 82.7 cm³/mol. The molecule has 0 aliphatic carbocycles. The molecule has 0 bridgehead atoms. The molecule has 2 atom stereocenters. The van der Waals surface area contributed by atoms with Crippen molar-refractivity contribution in [1.82, 2.24) is 5.32 Å². The van der Waals surface area contributed by atoms with E-state index >= 15 is 0 Å². The summed E-state index contributed by atoms with van der Waals surface area (Å²) in [5.74, 6) is 0.869. The van der Waals surface area contributed by atoms with Crippen LogP contribution in [0.1, 0.15) is 38.2 Å². The topological polar surface area (TPSA) is 46.2 Å². The van der Waals surface area contributed by atoms with Crippen LogP contribution in [0.4, 0.5) is 0 Å². The van der Waals surface area contributed by atoms with Gasteiger partial charge in [0, 0.05) is 12.3 Å². The highest BCUT2D eigenvalue weighted by Gasteiger charge is 2.19. The van der Waals surface area contributed by atoms with Crippen molar-refractivity contribution in [3.8, 4) is 0 Å². The van der Waals surface area contributed by atoms with E-state index in [0.717, 1.165) is 25.3 Å². The standard InChI is InChI=1S/C16H25NO2S/c1-3-13-10-11-17-15(12-13)7-4-14-5-8-16(9-6-14)20(2,18)19/h5-6,8-9,13,15,17H,3-4,7,10-12H2,1-2H3. The molecule has 0 spiro atoms. The highest BCUT2D eigenvalue weighted by molar-refractivity contribution is 7.90. The third kappa shape index (κ3) is 4.32. The van der Waals surface area contributed by atoms with Gasteiger partial charge in [-0.25, -0.2) is 8.42 Å². The Hall–Kier alpha value is -0.870. The molecular formula is C16H25NO2S. The first-order valence-electron chi connectivity index (χ1n) is 7.51. The van der Waals surface area contributed by atoms with Crippen molar-refractivity contribution < 1.29 is 8.42 Å². The molecule has 3 nitrogen and oxygen atoms in total. The van der Waals surface area contributed by atoms with Gasteiger partial charge in [0.25, 0.3) is 0 Å². The second-order valence-electron chi connectivity index (χ2n) is 5.90. The Balaban J connectivity index is 1.88. The maximum atomic E-state index is 11.4. The fraction of sp³-hybridized carbons (Fsp3) is 0.625. The van der Waals surface area contributed by atoms with E-state index in [1.54, 1.807) is 12.1 Å². The lowest BCUT2D eigenvalue weighted by Crippen LogP contribution is -2.38. The van der Waals surface area contributed by atoms with Crippen molar-refractivity contribution in [3.63, 3.8) is 0 Å². The van der Waals surface area contributed by atoms with Crippen LogP contribution in [0.25, 0.3) is 0 Å². The summed E-state index contributed by atoms with van der Waals surface area (Å²) in [4.78, 5) is 0.406. The van der Waals surface area contributed by atoms with Gasteiger partial charge in [-0.1, -0.05) is 25.5 Å². The van der Waals surface area contributed by atoms with Gasteiger partial charge in [-0.15, -0.1) is 0 Å². The number of aryl methyl sites for hydroxylation is 1. The van der Waals surface area contributed by atoms with Gasteiger partial charge in [-0.05, 0) is 55.8 Å². The number of sulfone groups is 1. The third-order valence-electron chi connectivity index (χ3n) is 4.31. The molecular weight excluding hydrogens is 270 g/mol. The maximum absolute atomic E-state index is 11.4. The lowest BCUT2D eigenvalue weighted by atomic mass is 9.88. The van der Waals surface area contributed by atoms with E-state index in [1.807, 2.05) is 12.1 Å². The molecule has 0 amide bonds. The van der Waals surface area contributed by atoms with Crippen molar-refractivity contribution in [2.24, 2.45) is 5.92 Å². The summed E-state index contributed by atoms with van der Waals surface area (Å²) >= 11 is 0. The van der Waals surface area contributed by atoms with Crippen molar-refractivity contribution in [1.29, 1.82) is 0 Å². The molecule has 1 N–H and O–H groups in total. The van der Waals surface area contributed by atoms with Gasteiger partial charge in [0.05, 0.1) is 4.90 Å². The molecule has 2 rings (SSSR count). The van der Waals surface area contributed by atoms with Crippen LogP contribution in [0.3, 0.4) is 0 Å². The van der Waals surface area contributed by atoms with Gasteiger partial charge in [-0.3, -0.25) is 0 Å². The summed E-state index contributed by atoms with van der Waals surface area (Å²) in [6.45, 7) is 3.41. The quantitative estimate of drug-likeness (QED) is 0.908. The fourth-order valence-electron chi connectivity index (χ4n) is 2.93. The van der Waals surface area contributed by atoms with Crippen molar-refractivity contribution >= 4 is 9.84 Å². The number of hydrogen-bond donors (Lipinski definition) is 1. The predicted octanol–water partition coefficient (Wildman–Crippen LogP) is 2.80. The molecule has 1 aromatic carbocycles. The van der Waals surface area contributed by atoms with Gasteiger partial charge in [0.1, 0.15) is 0 Å². The lowest BCUT2D eigenvalue weighted by molar-refractivity contribution is 0.285. The molecule has 1 aliphatic rings. The van der Waals surface area contributed by atoms with Crippen molar-refractivity contribution in [3.05, 3.63) is 29.8 Å². The second kappa shape index (κ2) is 6.72. The van der Waals surface area contributed by atoms with Gasteiger partial charge in [-0.2, -0.15) is 0 Å². The molecule has 1 saturated heterocycles. The van der Waals surface area contributed by atoms with E-state index < -0.39 is 9.84 Å². The average Bonchev–Trinajstić information content (AvgIpc) is 2.45. The fourth-order valence-corrected chi connectivity index (χ4v) is 3.56. The van der Waals surface area contributed by atoms with E-state index in [0.29, 0.717) is 10.9 Å². The van der Waals surface area contributed by atoms with Crippen LogP contribution < -0.4 is 5.32 Å². The largest absolute Gasteiger partial charge is 0.314 e. The first kappa shape index (κ1) is 15.5. The Bertz CT molecular complexity index is 522. The SMILES string of the molecule is CCC1CCNC(CCc2ccc(S(C)(=O)=O)cc2)C1. The first-order chi connectivity index (χ1) is 9.49. The number of nitrogens with one attached hydrogen (secondary N) is 1. The lowest BCUT2D eigenvalue weighted by Gasteiger charge is -2.29. The zero-order valence-electron chi connectivity index (χ0n) is 12.4. The van der Waals surface area contributed by atoms with Crippen molar-refractivity contribution in [2.75, 3.05) is 12.8 Å². The molecule has 0 saturated carbocycles. The van der Waals surface area contributed by atoms with E-state index in [-0.39, 0.29) is 0 Å². The van der Waals surface area contributed by atoms with E-state index in [4.69, 9.17) is 0 Å². The summed E-state index contributed by atoms with van der Waals surface area (Å²) in [5, 5.41) is 3.59. The Labute approximate surface area is 122 Å². The molecule has 1 fully saturated rings. The summed E-state index contributed by atoms with van der Waals surface area (Å²) in [6.07, 6.45) is 7.25. The molecule has 20 heavy (non-hydrogen) atoms. The van der Waals surface area contributed by atoms with Crippen LogP contribution in [0.5, 0.6) is 0 Å². The molecule has 1 heterocycles. The zero-order valence-corrected chi connectivity index (χ0v) is 13.2. The zero-order chi connectivity index (χ0) is 14.6. The molecule has 112 valence electrons. The molecule has 0 aromatic heterocycles. The highest BCUT2D eigenvalue weighted by Crippen LogP contribution is 2.22. The maximum Gasteiger partial charge on any atom is 0.175 e.